The Balaban J connectivity index is 1.96. The van der Waals surface area contributed by atoms with Crippen LogP contribution in [-0.2, 0) is 4.79 Å². The maximum absolute atomic E-state index is 14.4. The van der Waals surface area contributed by atoms with Gasteiger partial charge in [-0.3, -0.25) is 4.79 Å². The second-order valence-electron chi connectivity index (χ2n) is 6.31. The van der Waals surface area contributed by atoms with Crippen LogP contribution in [0.15, 0.2) is 42.5 Å². The Morgan fingerprint density at radius 1 is 1.18 bits per heavy atom. The molecular formula is C20H12ClF2NO3S. The van der Waals surface area contributed by atoms with Crippen LogP contribution < -0.4 is 5.32 Å². The molecule has 8 heteroatoms. The normalized spacial score (nSPS) is 15.8. The van der Waals surface area contributed by atoms with E-state index in [9.17, 15) is 23.5 Å². The van der Waals surface area contributed by atoms with Crippen LogP contribution >= 0.6 is 22.9 Å². The van der Waals surface area contributed by atoms with Crippen molar-refractivity contribution in [2.75, 3.05) is 5.32 Å². The Morgan fingerprint density at radius 2 is 1.89 bits per heavy atom. The second-order valence-corrected chi connectivity index (χ2v) is 7.79. The summed E-state index contributed by atoms with van der Waals surface area (Å²) in [6.45, 7) is 0. The molecule has 1 aromatic heterocycles. The Morgan fingerprint density at radius 3 is 2.57 bits per heavy atom. The zero-order valence-electron chi connectivity index (χ0n) is 14.1. The summed E-state index contributed by atoms with van der Waals surface area (Å²) < 4.78 is 28.2. The number of aromatic carboxylic acids is 1. The highest BCUT2D eigenvalue weighted by molar-refractivity contribution is 7.15. The highest BCUT2D eigenvalue weighted by Gasteiger charge is 2.35. The van der Waals surface area contributed by atoms with E-state index < -0.39 is 29.4 Å². The van der Waals surface area contributed by atoms with Crippen LogP contribution in [0.3, 0.4) is 0 Å². The van der Waals surface area contributed by atoms with Crippen molar-refractivity contribution in [1.82, 2.24) is 0 Å². The molecule has 2 heterocycles. The number of anilines is 1. The fourth-order valence-electron chi connectivity index (χ4n) is 3.37. The topological polar surface area (TPSA) is 66.4 Å². The van der Waals surface area contributed by atoms with Crippen molar-refractivity contribution in [3.8, 4) is 11.1 Å². The number of hydrogen-bond donors (Lipinski definition) is 2. The predicted octanol–water partition coefficient (Wildman–Crippen LogP) is 5.52. The summed E-state index contributed by atoms with van der Waals surface area (Å²) in [5.74, 6) is -4.39. The van der Waals surface area contributed by atoms with E-state index in [1.807, 2.05) is 0 Å². The fraction of sp³-hybridized carbons (Fsp3) is 0.100. The molecule has 2 N–H and O–H groups in total. The number of carbonyl (C=O) groups is 2. The summed E-state index contributed by atoms with van der Waals surface area (Å²) in [5.41, 5.74) is 1.23. The number of thiophene rings is 1. The van der Waals surface area contributed by atoms with E-state index in [1.165, 1.54) is 12.1 Å². The van der Waals surface area contributed by atoms with E-state index in [1.54, 1.807) is 24.3 Å². The first-order valence-electron chi connectivity index (χ1n) is 8.26. The first kappa shape index (κ1) is 18.6. The van der Waals surface area contributed by atoms with E-state index in [0.717, 1.165) is 17.4 Å². The Hall–Kier alpha value is -2.77. The van der Waals surface area contributed by atoms with E-state index in [-0.39, 0.29) is 16.9 Å². The van der Waals surface area contributed by atoms with Gasteiger partial charge in [0.05, 0.1) is 5.69 Å². The number of rotatable bonds is 3. The van der Waals surface area contributed by atoms with Gasteiger partial charge in [-0.05, 0) is 29.3 Å². The van der Waals surface area contributed by atoms with Crippen molar-refractivity contribution < 1.29 is 23.5 Å². The van der Waals surface area contributed by atoms with Gasteiger partial charge in [0.25, 0.3) is 0 Å². The van der Waals surface area contributed by atoms with Crippen LogP contribution in [0.4, 0.5) is 14.5 Å². The average molecular weight is 420 g/mol. The molecule has 142 valence electrons. The molecule has 0 aliphatic carbocycles. The number of carboxylic acid groups (broad SMARTS) is 1. The molecule has 28 heavy (non-hydrogen) atoms. The number of halogens is 3. The summed E-state index contributed by atoms with van der Waals surface area (Å²) in [6.07, 6.45) is -0.104. The van der Waals surface area contributed by atoms with Crippen LogP contribution in [0.2, 0.25) is 5.02 Å². The summed E-state index contributed by atoms with van der Waals surface area (Å²) >= 11 is 6.87. The number of hydrogen-bond acceptors (Lipinski definition) is 3. The summed E-state index contributed by atoms with van der Waals surface area (Å²) in [4.78, 5) is 24.7. The third-order valence-electron chi connectivity index (χ3n) is 4.59. The van der Waals surface area contributed by atoms with Gasteiger partial charge in [0.1, 0.15) is 4.88 Å². The molecule has 4 rings (SSSR count). The molecule has 0 radical (unpaired) electrons. The highest BCUT2D eigenvalue weighted by atomic mass is 35.5. The van der Waals surface area contributed by atoms with Crippen LogP contribution in [0.25, 0.3) is 11.1 Å². The molecule has 1 aliphatic heterocycles. The molecule has 0 spiro atoms. The second kappa shape index (κ2) is 7.00. The molecule has 0 saturated heterocycles. The summed E-state index contributed by atoms with van der Waals surface area (Å²) in [6, 6.07) is 10.3. The molecule has 0 saturated carbocycles. The summed E-state index contributed by atoms with van der Waals surface area (Å²) in [5, 5.41) is 12.9. The lowest BCUT2D eigenvalue weighted by molar-refractivity contribution is -0.116. The Kier molecular flexibility index (Phi) is 4.64. The van der Waals surface area contributed by atoms with E-state index in [0.29, 0.717) is 26.7 Å². The molecule has 1 atom stereocenters. The third-order valence-corrected chi connectivity index (χ3v) is 6.13. The summed E-state index contributed by atoms with van der Waals surface area (Å²) in [7, 11) is 0. The van der Waals surface area contributed by atoms with Crippen LogP contribution in [0.1, 0.15) is 32.5 Å². The Labute approximate surface area is 167 Å². The van der Waals surface area contributed by atoms with Gasteiger partial charge in [0.15, 0.2) is 11.6 Å². The van der Waals surface area contributed by atoms with Gasteiger partial charge in [-0.2, -0.15) is 0 Å². The number of fused-ring (bicyclic) bond motifs is 1. The van der Waals surface area contributed by atoms with E-state index >= 15 is 0 Å². The molecule has 0 fully saturated rings. The van der Waals surface area contributed by atoms with Gasteiger partial charge >= 0.3 is 5.97 Å². The lowest BCUT2D eigenvalue weighted by Gasteiger charge is -2.24. The van der Waals surface area contributed by atoms with Crippen molar-refractivity contribution in [3.63, 3.8) is 0 Å². The van der Waals surface area contributed by atoms with Gasteiger partial charge in [0.2, 0.25) is 5.91 Å². The molecular weight excluding hydrogens is 408 g/mol. The SMILES string of the molecule is O=C1C[C@@H](c2cccc(F)c2F)c2sc(C(=O)O)c(-c3ccc(Cl)cc3)c2N1. The van der Waals surface area contributed by atoms with Crippen molar-refractivity contribution in [1.29, 1.82) is 0 Å². The average Bonchev–Trinajstić information content (AvgIpc) is 3.04. The smallest absolute Gasteiger partial charge is 0.346 e. The molecule has 0 bridgehead atoms. The zero-order chi connectivity index (χ0) is 20.0. The lowest BCUT2D eigenvalue weighted by Crippen LogP contribution is -2.23. The zero-order valence-corrected chi connectivity index (χ0v) is 15.7. The van der Waals surface area contributed by atoms with E-state index in [2.05, 4.69) is 5.32 Å². The predicted molar refractivity (Wildman–Crippen MR) is 103 cm³/mol. The van der Waals surface area contributed by atoms with Gasteiger partial charge in [-0.25, -0.2) is 13.6 Å². The standard InChI is InChI=1S/C20H12ClF2NO3S/c21-10-6-4-9(5-7-10)15-17-18(28-19(15)20(26)27)12(8-14(25)24-17)11-2-1-3-13(22)16(11)23/h1-7,12H,8H2,(H,24,25)(H,26,27)/t12-/m0/s1. The molecule has 0 unspecified atom stereocenters. The fourth-order valence-corrected chi connectivity index (χ4v) is 4.73. The number of amides is 1. The lowest BCUT2D eigenvalue weighted by atomic mass is 9.88. The van der Waals surface area contributed by atoms with Crippen LogP contribution in [0.5, 0.6) is 0 Å². The minimum absolute atomic E-state index is 0.0105. The number of carbonyl (C=O) groups excluding carboxylic acids is 1. The van der Waals surface area contributed by atoms with Gasteiger partial charge in [-0.15, -0.1) is 11.3 Å². The number of nitrogens with one attached hydrogen (secondary N) is 1. The molecule has 1 amide bonds. The minimum Gasteiger partial charge on any atom is -0.477 e. The molecule has 2 aromatic carbocycles. The number of carboxylic acids is 1. The number of benzene rings is 2. The van der Waals surface area contributed by atoms with E-state index in [4.69, 9.17) is 11.6 Å². The minimum atomic E-state index is -1.17. The van der Waals surface area contributed by atoms with Crippen molar-refractivity contribution in [2.24, 2.45) is 0 Å². The monoisotopic (exact) mass is 419 g/mol. The van der Waals surface area contributed by atoms with Gasteiger partial charge in [-0.1, -0.05) is 35.9 Å². The van der Waals surface area contributed by atoms with Crippen LogP contribution in [-0.4, -0.2) is 17.0 Å². The molecule has 1 aliphatic rings. The first-order valence-corrected chi connectivity index (χ1v) is 9.46. The quantitative estimate of drug-likeness (QED) is 0.587. The third kappa shape index (κ3) is 3.06. The van der Waals surface area contributed by atoms with Gasteiger partial charge < -0.3 is 10.4 Å². The maximum atomic E-state index is 14.4. The Bertz CT molecular complexity index is 1110. The van der Waals surface area contributed by atoms with Crippen molar-refractivity contribution in [2.45, 2.75) is 12.3 Å². The molecule has 3 aromatic rings. The van der Waals surface area contributed by atoms with Crippen LogP contribution in [0, 0.1) is 11.6 Å². The largest absolute Gasteiger partial charge is 0.477 e. The highest BCUT2D eigenvalue weighted by Crippen LogP contribution is 2.49. The molecule has 4 nitrogen and oxygen atoms in total. The first-order chi connectivity index (χ1) is 13.4. The van der Waals surface area contributed by atoms with Crippen molar-refractivity contribution >= 4 is 40.5 Å². The van der Waals surface area contributed by atoms with Gasteiger partial charge in [0, 0.05) is 27.8 Å². The maximum Gasteiger partial charge on any atom is 0.346 e. The van der Waals surface area contributed by atoms with Crippen molar-refractivity contribution in [3.05, 3.63) is 74.4 Å².